The van der Waals surface area contributed by atoms with Crippen molar-refractivity contribution in [3.8, 4) is 28.4 Å². The maximum absolute atomic E-state index is 13.0. The zero-order valence-corrected chi connectivity index (χ0v) is 18.5. The number of hydrogen-bond donors (Lipinski definition) is 1. The fraction of sp³-hybridized carbons (Fsp3) is 0.273. The monoisotopic (exact) mass is 443 g/mol. The Morgan fingerprint density at radius 2 is 1.84 bits per heavy atom. The maximum Gasteiger partial charge on any atom is 0.255 e. The van der Waals surface area contributed by atoms with Crippen LogP contribution < -0.4 is 14.8 Å². The molecule has 2 aromatic carbocycles. The molecule has 0 aliphatic rings. The molecule has 0 unspecified atom stereocenters. The molecule has 1 aromatic heterocycles. The number of para-hydroxylation sites is 1. The molecule has 31 heavy (non-hydrogen) atoms. The maximum atomic E-state index is 13.0. The Kier molecular flexibility index (Phi) is 6.96. The van der Waals surface area contributed by atoms with Crippen molar-refractivity contribution in [1.29, 1.82) is 0 Å². The minimum atomic E-state index is -3.19. The molecule has 8 nitrogen and oxygen atoms in total. The van der Waals surface area contributed by atoms with Gasteiger partial charge in [-0.2, -0.15) is 5.10 Å². The van der Waals surface area contributed by atoms with Crippen molar-refractivity contribution in [3.63, 3.8) is 0 Å². The van der Waals surface area contributed by atoms with Gasteiger partial charge in [-0.3, -0.25) is 4.79 Å². The van der Waals surface area contributed by atoms with E-state index < -0.39 is 15.7 Å². The minimum Gasteiger partial charge on any atom is -0.497 e. The van der Waals surface area contributed by atoms with Crippen LogP contribution in [0.15, 0.2) is 54.7 Å². The molecule has 0 spiro atoms. The standard InChI is InChI=1S/C22H25N3O5S/c1-4-31(27,28)13-12-23-22(26)19-15-25(16-8-6-5-7-9-16)24-21(19)18-11-10-17(29-2)14-20(18)30-3/h5-11,14-15H,4,12-13H2,1-3H3,(H,23,26). The van der Waals surface area contributed by atoms with E-state index in [9.17, 15) is 13.2 Å². The molecular formula is C22H25N3O5S. The SMILES string of the molecule is CCS(=O)(=O)CCNC(=O)c1cn(-c2ccccc2)nc1-c1ccc(OC)cc1OC. The van der Waals surface area contributed by atoms with Crippen LogP contribution in [0.25, 0.3) is 16.9 Å². The van der Waals surface area contributed by atoms with Crippen LogP contribution in [0.4, 0.5) is 0 Å². The minimum absolute atomic E-state index is 0.0186. The lowest BCUT2D eigenvalue weighted by Gasteiger charge is -2.10. The normalized spacial score (nSPS) is 11.2. The summed E-state index contributed by atoms with van der Waals surface area (Å²) in [4.78, 5) is 13.0. The number of hydrogen-bond acceptors (Lipinski definition) is 6. The Labute approximate surface area is 181 Å². The molecule has 0 aliphatic carbocycles. The fourth-order valence-corrected chi connectivity index (χ4v) is 3.71. The third kappa shape index (κ3) is 5.24. The highest BCUT2D eigenvalue weighted by Gasteiger charge is 2.22. The van der Waals surface area contributed by atoms with Gasteiger partial charge in [-0.15, -0.1) is 0 Å². The van der Waals surface area contributed by atoms with Crippen LogP contribution in [-0.2, 0) is 9.84 Å². The van der Waals surface area contributed by atoms with Crippen molar-refractivity contribution in [2.24, 2.45) is 0 Å². The number of amides is 1. The van der Waals surface area contributed by atoms with Gasteiger partial charge in [0.25, 0.3) is 5.91 Å². The van der Waals surface area contributed by atoms with E-state index in [0.29, 0.717) is 28.3 Å². The van der Waals surface area contributed by atoms with Crippen molar-refractivity contribution < 1.29 is 22.7 Å². The zero-order valence-electron chi connectivity index (χ0n) is 17.7. The Morgan fingerprint density at radius 3 is 2.48 bits per heavy atom. The molecule has 0 saturated carbocycles. The quantitative estimate of drug-likeness (QED) is 0.546. The number of benzene rings is 2. The van der Waals surface area contributed by atoms with Gasteiger partial charge >= 0.3 is 0 Å². The first kappa shape index (κ1) is 22.4. The lowest BCUT2D eigenvalue weighted by molar-refractivity contribution is 0.0956. The molecule has 0 bridgehead atoms. The smallest absolute Gasteiger partial charge is 0.255 e. The van der Waals surface area contributed by atoms with Crippen molar-refractivity contribution in [2.45, 2.75) is 6.92 Å². The van der Waals surface area contributed by atoms with E-state index in [1.165, 1.54) is 7.11 Å². The van der Waals surface area contributed by atoms with E-state index in [0.717, 1.165) is 5.69 Å². The van der Waals surface area contributed by atoms with Gasteiger partial charge in [0.05, 0.1) is 31.2 Å². The van der Waals surface area contributed by atoms with Gasteiger partial charge in [-0.1, -0.05) is 25.1 Å². The molecule has 0 atom stereocenters. The summed E-state index contributed by atoms with van der Waals surface area (Å²) in [5.74, 6) is 0.604. The van der Waals surface area contributed by atoms with Crippen molar-refractivity contribution >= 4 is 15.7 Å². The topological polar surface area (TPSA) is 99.5 Å². The van der Waals surface area contributed by atoms with Crippen molar-refractivity contribution in [2.75, 3.05) is 32.3 Å². The third-order valence-electron chi connectivity index (χ3n) is 4.78. The predicted molar refractivity (Wildman–Crippen MR) is 119 cm³/mol. The lowest BCUT2D eigenvalue weighted by atomic mass is 10.1. The second-order valence-corrected chi connectivity index (χ2v) is 9.20. The molecule has 0 radical (unpaired) electrons. The largest absolute Gasteiger partial charge is 0.497 e. The van der Waals surface area contributed by atoms with Crippen LogP contribution in [0.2, 0.25) is 0 Å². The Bertz CT molecular complexity index is 1160. The second-order valence-electron chi connectivity index (χ2n) is 6.73. The molecule has 0 saturated heterocycles. The van der Waals surface area contributed by atoms with Gasteiger partial charge < -0.3 is 14.8 Å². The van der Waals surface area contributed by atoms with E-state index in [2.05, 4.69) is 10.4 Å². The van der Waals surface area contributed by atoms with E-state index in [1.54, 1.807) is 43.1 Å². The van der Waals surface area contributed by atoms with Gasteiger partial charge in [0.15, 0.2) is 9.84 Å². The first-order chi connectivity index (χ1) is 14.9. The summed E-state index contributed by atoms with van der Waals surface area (Å²) in [5.41, 5.74) is 2.12. The number of ether oxygens (including phenoxy) is 2. The highest BCUT2D eigenvalue weighted by Crippen LogP contribution is 2.34. The van der Waals surface area contributed by atoms with Crippen molar-refractivity contribution in [1.82, 2.24) is 15.1 Å². The molecule has 1 amide bonds. The number of nitrogens with zero attached hydrogens (tertiary/aromatic N) is 2. The van der Waals surface area contributed by atoms with Crippen LogP contribution in [0, 0.1) is 0 Å². The van der Waals surface area contributed by atoms with E-state index >= 15 is 0 Å². The number of rotatable bonds is 9. The van der Waals surface area contributed by atoms with Gasteiger partial charge in [0, 0.05) is 30.1 Å². The van der Waals surface area contributed by atoms with Gasteiger partial charge in [-0.05, 0) is 24.3 Å². The Balaban J connectivity index is 2.01. The highest BCUT2D eigenvalue weighted by molar-refractivity contribution is 7.91. The Hall–Kier alpha value is -3.33. The average Bonchev–Trinajstić information content (AvgIpc) is 3.24. The number of nitrogens with one attached hydrogen (secondary N) is 1. The molecule has 0 aliphatic heterocycles. The molecule has 164 valence electrons. The van der Waals surface area contributed by atoms with Crippen LogP contribution in [0.5, 0.6) is 11.5 Å². The molecule has 1 N–H and O–H groups in total. The van der Waals surface area contributed by atoms with Crippen molar-refractivity contribution in [3.05, 3.63) is 60.3 Å². The number of sulfone groups is 1. The van der Waals surface area contributed by atoms with Gasteiger partial charge in [0.1, 0.15) is 17.2 Å². The summed E-state index contributed by atoms with van der Waals surface area (Å²) in [6.07, 6.45) is 1.62. The van der Waals surface area contributed by atoms with E-state index in [4.69, 9.17) is 9.47 Å². The van der Waals surface area contributed by atoms with Crippen LogP contribution in [-0.4, -0.2) is 56.4 Å². The number of aromatic nitrogens is 2. The molecule has 9 heteroatoms. The second kappa shape index (κ2) is 9.65. The number of methoxy groups -OCH3 is 2. The highest BCUT2D eigenvalue weighted by atomic mass is 32.2. The summed E-state index contributed by atoms with van der Waals surface area (Å²) in [7, 11) is -0.0983. The Morgan fingerprint density at radius 1 is 1.10 bits per heavy atom. The molecule has 3 rings (SSSR count). The summed E-state index contributed by atoms with van der Waals surface area (Å²) in [6, 6.07) is 14.6. The first-order valence-corrected chi connectivity index (χ1v) is 11.6. The summed E-state index contributed by atoms with van der Waals surface area (Å²) in [5, 5.41) is 7.31. The molecular weight excluding hydrogens is 418 g/mol. The van der Waals surface area contributed by atoms with Gasteiger partial charge in [-0.25, -0.2) is 13.1 Å². The van der Waals surface area contributed by atoms with E-state index in [-0.39, 0.29) is 18.1 Å². The summed E-state index contributed by atoms with van der Waals surface area (Å²) >= 11 is 0. The molecule has 3 aromatic rings. The average molecular weight is 444 g/mol. The third-order valence-corrected chi connectivity index (χ3v) is 6.49. The lowest BCUT2D eigenvalue weighted by Crippen LogP contribution is -2.29. The molecule has 1 heterocycles. The number of carbonyl (C=O) groups excluding carboxylic acids is 1. The first-order valence-electron chi connectivity index (χ1n) is 9.74. The predicted octanol–water partition coefficient (Wildman–Crippen LogP) is 2.72. The van der Waals surface area contributed by atoms with Crippen LogP contribution in [0.3, 0.4) is 0 Å². The van der Waals surface area contributed by atoms with Gasteiger partial charge in [0.2, 0.25) is 0 Å². The van der Waals surface area contributed by atoms with Crippen LogP contribution >= 0.6 is 0 Å². The number of carbonyl (C=O) groups is 1. The van der Waals surface area contributed by atoms with Crippen LogP contribution in [0.1, 0.15) is 17.3 Å². The summed E-state index contributed by atoms with van der Waals surface area (Å²) in [6.45, 7) is 1.60. The summed E-state index contributed by atoms with van der Waals surface area (Å²) < 4.78 is 35.8. The zero-order chi connectivity index (χ0) is 22.4. The van der Waals surface area contributed by atoms with E-state index in [1.807, 2.05) is 30.3 Å². The fourth-order valence-electron chi connectivity index (χ4n) is 3.01. The molecule has 0 fully saturated rings.